The zero-order valence-corrected chi connectivity index (χ0v) is 16.0. The minimum Gasteiger partial charge on any atom is -0.352 e. The predicted octanol–water partition coefficient (Wildman–Crippen LogP) is 3.91. The van der Waals surface area contributed by atoms with E-state index in [4.69, 9.17) is 11.6 Å². The first-order valence-electron chi connectivity index (χ1n) is 9.25. The molecule has 1 aliphatic rings. The molecule has 2 aromatic heterocycles. The Hall–Kier alpha value is -2.99. The van der Waals surface area contributed by atoms with Gasteiger partial charge in [-0.25, -0.2) is 9.97 Å². The normalized spacial score (nSPS) is 16.2. The van der Waals surface area contributed by atoms with Crippen LogP contribution < -0.4 is 5.32 Å². The van der Waals surface area contributed by atoms with Gasteiger partial charge < -0.3 is 10.2 Å². The number of hydrogen-bond acceptors (Lipinski definition) is 5. The third-order valence-corrected chi connectivity index (χ3v) is 5.05. The lowest BCUT2D eigenvalue weighted by atomic mass is 10.0. The first-order chi connectivity index (χ1) is 13.7. The van der Waals surface area contributed by atoms with Crippen LogP contribution in [0, 0.1) is 0 Å². The highest BCUT2D eigenvalue weighted by Gasteiger charge is 2.30. The molecule has 3 aromatic rings. The van der Waals surface area contributed by atoms with Crippen molar-refractivity contribution in [3.8, 4) is 11.3 Å². The Morgan fingerprint density at radius 3 is 2.68 bits per heavy atom. The highest BCUT2D eigenvalue weighted by Crippen LogP contribution is 2.26. The molecule has 142 valence electrons. The van der Waals surface area contributed by atoms with Gasteiger partial charge in [0.15, 0.2) is 0 Å². The molecule has 0 bridgehead atoms. The molecule has 7 heteroatoms. The number of halogens is 1. The molecule has 6 nitrogen and oxygen atoms in total. The summed E-state index contributed by atoms with van der Waals surface area (Å²) in [4.78, 5) is 28.0. The number of anilines is 1. The van der Waals surface area contributed by atoms with Gasteiger partial charge in [-0.15, -0.1) is 0 Å². The first-order valence-corrected chi connectivity index (χ1v) is 9.63. The van der Waals surface area contributed by atoms with Crippen LogP contribution in [0.25, 0.3) is 11.3 Å². The Labute approximate surface area is 168 Å². The van der Waals surface area contributed by atoms with Crippen LogP contribution in [0.4, 0.5) is 5.95 Å². The second kappa shape index (κ2) is 8.35. The highest BCUT2D eigenvalue weighted by atomic mass is 35.5. The van der Waals surface area contributed by atoms with Crippen molar-refractivity contribution >= 4 is 23.5 Å². The van der Waals surface area contributed by atoms with Crippen molar-refractivity contribution < 1.29 is 4.79 Å². The molecule has 28 heavy (non-hydrogen) atoms. The third-order valence-electron chi connectivity index (χ3n) is 4.85. The topological polar surface area (TPSA) is 71.0 Å². The summed E-state index contributed by atoms with van der Waals surface area (Å²) in [6.45, 7) is 1.34. The van der Waals surface area contributed by atoms with Gasteiger partial charge in [-0.2, -0.15) is 0 Å². The van der Waals surface area contributed by atoms with Crippen LogP contribution in [-0.2, 0) is 0 Å². The summed E-state index contributed by atoms with van der Waals surface area (Å²) in [5, 5.41) is 3.70. The van der Waals surface area contributed by atoms with E-state index in [0.717, 1.165) is 30.6 Å². The summed E-state index contributed by atoms with van der Waals surface area (Å²) in [5.41, 5.74) is 2.33. The van der Waals surface area contributed by atoms with Crippen LogP contribution in [0.3, 0.4) is 0 Å². The van der Waals surface area contributed by atoms with E-state index >= 15 is 0 Å². The molecule has 1 atom stereocenters. The number of carbonyl (C=O) groups excluding carboxylic acids is 1. The highest BCUT2D eigenvalue weighted by molar-refractivity contribution is 6.30. The lowest BCUT2D eigenvalue weighted by Crippen LogP contribution is -2.40. The van der Waals surface area contributed by atoms with E-state index in [1.54, 1.807) is 18.6 Å². The van der Waals surface area contributed by atoms with Crippen LogP contribution in [0.15, 0.2) is 61.1 Å². The molecule has 1 aromatic carbocycles. The standard InChI is InChI=1S/C21H20ClN5O/c22-15-12-24-21(25-13-15)26-14-16-6-5-11-27(16)20(28)18-8-2-1-7-17(18)19-9-3-4-10-23-19/h1-4,7-10,12-13,16H,5-6,11,14H2,(H,24,25,26)/t16-/m0/s1. The van der Waals surface area contributed by atoms with Gasteiger partial charge in [0.2, 0.25) is 5.95 Å². The first kappa shape index (κ1) is 18.4. The van der Waals surface area contributed by atoms with Crippen LogP contribution in [0.5, 0.6) is 0 Å². The van der Waals surface area contributed by atoms with Crippen LogP contribution in [-0.4, -0.2) is 44.9 Å². The van der Waals surface area contributed by atoms with Gasteiger partial charge in [0.25, 0.3) is 5.91 Å². The minimum atomic E-state index is 0.0302. The predicted molar refractivity (Wildman–Crippen MR) is 109 cm³/mol. The van der Waals surface area contributed by atoms with Gasteiger partial charge in [0, 0.05) is 36.5 Å². The number of benzene rings is 1. The summed E-state index contributed by atoms with van der Waals surface area (Å²) in [5.74, 6) is 0.542. The fourth-order valence-corrected chi connectivity index (χ4v) is 3.60. The van der Waals surface area contributed by atoms with Crippen molar-refractivity contribution in [1.29, 1.82) is 0 Å². The molecule has 1 aliphatic heterocycles. The smallest absolute Gasteiger partial charge is 0.254 e. The number of carbonyl (C=O) groups is 1. The Morgan fingerprint density at radius 1 is 1.11 bits per heavy atom. The quantitative estimate of drug-likeness (QED) is 0.711. The van der Waals surface area contributed by atoms with E-state index in [2.05, 4.69) is 20.3 Å². The van der Waals surface area contributed by atoms with Crippen LogP contribution >= 0.6 is 11.6 Å². The zero-order chi connectivity index (χ0) is 19.3. The van der Waals surface area contributed by atoms with E-state index in [9.17, 15) is 4.79 Å². The average molecular weight is 394 g/mol. The SMILES string of the molecule is O=C(c1ccccc1-c1ccccn1)N1CCC[C@H]1CNc1ncc(Cl)cn1. The fraction of sp³-hybridized carbons (Fsp3) is 0.238. The number of rotatable bonds is 5. The van der Waals surface area contributed by atoms with Crippen molar-refractivity contribution in [3.05, 3.63) is 71.6 Å². The Morgan fingerprint density at radius 2 is 1.89 bits per heavy atom. The average Bonchev–Trinajstić information content (AvgIpc) is 3.22. The van der Waals surface area contributed by atoms with Gasteiger partial charge in [0.05, 0.1) is 23.1 Å². The molecule has 0 aliphatic carbocycles. The van der Waals surface area contributed by atoms with E-state index < -0.39 is 0 Å². The molecular weight excluding hydrogens is 374 g/mol. The molecule has 1 saturated heterocycles. The van der Waals surface area contributed by atoms with Gasteiger partial charge in [0.1, 0.15) is 0 Å². The lowest BCUT2D eigenvalue weighted by Gasteiger charge is -2.26. The van der Waals surface area contributed by atoms with E-state index in [1.807, 2.05) is 47.4 Å². The molecule has 3 heterocycles. The van der Waals surface area contributed by atoms with E-state index in [1.165, 1.54) is 0 Å². The second-order valence-electron chi connectivity index (χ2n) is 6.66. The number of aromatic nitrogens is 3. The van der Waals surface area contributed by atoms with E-state index in [-0.39, 0.29) is 11.9 Å². The molecule has 0 spiro atoms. The van der Waals surface area contributed by atoms with E-state index in [0.29, 0.717) is 23.1 Å². The third kappa shape index (κ3) is 3.97. The number of amides is 1. The largest absolute Gasteiger partial charge is 0.352 e. The maximum absolute atomic E-state index is 13.3. The van der Waals surface area contributed by atoms with Crippen molar-refractivity contribution in [1.82, 2.24) is 19.9 Å². The monoisotopic (exact) mass is 393 g/mol. The summed E-state index contributed by atoms with van der Waals surface area (Å²) >= 11 is 5.83. The maximum atomic E-state index is 13.3. The van der Waals surface area contributed by atoms with Crippen LogP contribution in [0.2, 0.25) is 5.02 Å². The number of nitrogens with one attached hydrogen (secondary N) is 1. The Bertz CT molecular complexity index is 949. The molecule has 1 N–H and O–H groups in total. The summed E-state index contributed by atoms with van der Waals surface area (Å²) in [6, 6.07) is 13.5. The molecule has 0 unspecified atom stereocenters. The Kier molecular flexibility index (Phi) is 5.48. The minimum absolute atomic E-state index is 0.0302. The lowest BCUT2D eigenvalue weighted by molar-refractivity contribution is 0.0744. The molecule has 1 fully saturated rings. The number of pyridine rings is 1. The van der Waals surface area contributed by atoms with Crippen LogP contribution in [0.1, 0.15) is 23.2 Å². The molecule has 1 amide bonds. The Balaban J connectivity index is 1.52. The van der Waals surface area contributed by atoms with Crippen molar-refractivity contribution in [2.75, 3.05) is 18.4 Å². The summed E-state index contributed by atoms with van der Waals surface area (Å²) < 4.78 is 0. The number of nitrogens with zero attached hydrogens (tertiary/aromatic N) is 4. The molecule has 0 saturated carbocycles. The van der Waals surface area contributed by atoms with Crippen molar-refractivity contribution in [2.45, 2.75) is 18.9 Å². The second-order valence-corrected chi connectivity index (χ2v) is 7.10. The zero-order valence-electron chi connectivity index (χ0n) is 15.3. The molecule has 0 radical (unpaired) electrons. The molecule has 4 rings (SSSR count). The molecular formula is C21H20ClN5O. The fourth-order valence-electron chi connectivity index (χ4n) is 3.50. The van der Waals surface area contributed by atoms with Crippen molar-refractivity contribution in [3.63, 3.8) is 0 Å². The van der Waals surface area contributed by atoms with Gasteiger partial charge in [-0.05, 0) is 31.0 Å². The van der Waals surface area contributed by atoms with Gasteiger partial charge in [-0.1, -0.05) is 35.9 Å². The number of hydrogen-bond donors (Lipinski definition) is 1. The van der Waals surface area contributed by atoms with Gasteiger partial charge in [-0.3, -0.25) is 9.78 Å². The maximum Gasteiger partial charge on any atom is 0.254 e. The van der Waals surface area contributed by atoms with Gasteiger partial charge >= 0.3 is 0 Å². The summed E-state index contributed by atoms with van der Waals surface area (Å²) in [6.07, 6.45) is 6.77. The summed E-state index contributed by atoms with van der Waals surface area (Å²) in [7, 11) is 0. The van der Waals surface area contributed by atoms with Crippen molar-refractivity contribution in [2.24, 2.45) is 0 Å². The number of likely N-dealkylation sites (tertiary alicyclic amines) is 1.